The minimum absolute atomic E-state index is 0.253. The molecule has 1 aromatic rings. The summed E-state index contributed by atoms with van der Waals surface area (Å²) in [5.74, 6) is -1.82. The molecule has 0 aliphatic carbocycles. The molecule has 1 aromatic carbocycles. The fourth-order valence-corrected chi connectivity index (χ4v) is 3.86. The third-order valence-corrected chi connectivity index (χ3v) is 5.38. The van der Waals surface area contributed by atoms with E-state index in [1.165, 1.54) is 6.07 Å². The Labute approximate surface area is 162 Å². The van der Waals surface area contributed by atoms with Gasteiger partial charge in [0.25, 0.3) is 0 Å². The number of anilines is 2. The van der Waals surface area contributed by atoms with Crippen LogP contribution >= 0.6 is 0 Å². The molecule has 154 valence electrons. The second-order valence-electron chi connectivity index (χ2n) is 7.60. The molecule has 3 rings (SSSR count). The van der Waals surface area contributed by atoms with E-state index in [-0.39, 0.29) is 18.7 Å². The second kappa shape index (κ2) is 8.32. The van der Waals surface area contributed by atoms with Crippen LogP contribution in [0.5, 0.6) is 0 Å². The molecule has 8 nitrogen and oxygen atoms in total. The Kier molecular flexibility index (Phi) is 6.04. The van der Waals surface area contributed by atoms with Gasteiger partial charge in [0.2, 0.25) is 5.91 Å². The Morgan fingerprint density at radius 3 is 2.79 bits per heavy atom. The summed E-state index contributed by atoms with van der Waals surface area (Å²) in [7, 11) is 0. The van der Waals surface area contributed by atoms with Gasteiger partial charge in [0.15, 0.2) is 0 Å². The molecule has 28 heavy (non-hydrogen) atoms. The first-order valence-electron chi connectivity index (χ1n) is 9.49. The van der Waals surface area contributed by atoms with Crippen LogP contribution in [0.25, 0.3) is 0 Å². The van der Waals surface area contributed by atoms with Gasteiger partial charge in [-0.15, -0.1) is 0 Å². The lowest BCUT2D eigenvalue weighted by molar-refractivity contribution is -0.143. The molecule has 2 saturated heterocycles. The quantitative estimate of drug-likeness (QED) is 0.505. The van der Waals surface area contributed by atoms with Crippen molar-refractivity contribution < 1.29 is 29.3 Å². The highest BCUT2D eigenvalue weighted by molar-refractivity contribution is 5.85. The number of aliphatic carboxylic acids is 1. The van der Waals surface area contributed by atoms with Crippen LogP contribution in [0.3, 0.4) is 0 Å². The number of nitrogens with one attached hydrogen (secondary N) is 2. The van der Waals surface area contributed by atoms with Gasteiger partial charge in [0.1, 0.15) is 18.1 Å². The van der Waals surface area contributed by atoms with E-state index in [9.17, 15) is 24.2 Å². The fraction of sp³-hybridized carbons (Fsp3) is 0.579. The van der Waals surface area contributed by atoms with Crippen LogP contribution in [0, 0.1) is 5.82 Å². The van der Waals surface area contributed by atoms with Crippen molar-refractivity contribution in [3.8, 4) is 0 Å². The zero-order valence-electron chi connectivity index (χ0n) is 15.5. The maximum atomic E-state index is 14.7. The molecule has 2 fully saturated rings. The smallest absolute Gasteiger partial charge is 0.306 e. The zero-order chi connectivity index (χ0) is 20.3. The fourth-order valence-electron chi connectivity index (χ4n) is 3.86. The number of amides is 1. The standard InChI is InChI=1S/C19H26FN3O5/c20-13-10-12(21-14-3-5-16(24)22-18(14)27)2-4-15(13)23-8-1-6-19(28,7-9-23)11-17(25)26/h2,4,10,14,16,21,24,28H,1,3,5-9,11H2,(H,22,27)(H,25,26). The number of carboxylic acid groups (broad SMARTS) is 1. The Morgan fingerprint density at radius 1 is 1.32 bits per heavy atom. The summed E-state index contributed by atoms with van der Waals surface area (Å²) in [4.78, 5) is 24.6. The molecule has 2 heterocycles. The van der Waals surface area contributed by atoms with Crippen LogP contribution in [0.2, 0.25) is 0 Å². The van der Waals surface area contributed by atoms with E-state index in [1.54, 1.807) is 12.1 Å². The molecule has 1 amide bonds. The molecule has 0 radical (unpaired) electrons. The van der Waals surface area contributed by atoms with Crippen molar-refractivity contribution in [2.45, 2.75) is 56.4 Å². The van der Waals surface area contributed by atoms with Gasteiger partial charge in [-0.3, -0.25) is 9.59 Å². The first-order valence-corrected chi connectivity index (χ1v) is 9.49. The summed E-state index contributed by atoms with van der Waals surface area (Å²) in [6.45, 7) is 0.880. The minimum atomic E-state index is -1.27. The van der Waals surface area contributed by atoms with Gasteiger partial charge in [-0.05, 0) is 50.3 Å². The van der Waals surface area contributed by atoms with E-state index >= 15 is 0 Å². The molecule has 0 saturated carbocycles. The number of carbonyl (C=O) groups excluding carboxylic acids is 1. The first kappa shape index (κ1) is 20.3. The van der Waals surface area contributed by atoms with E-state index in [0.29, 0.717) is 50.1 Å². The van der Waals surface area contributed by atoms with Crippen molar-refractivity contribution in [2.24, 2.45) is 0 Å². The van der Waals surface area contributed by atoms with Gasteiger partial charge in [-0.2, -0.15) is 0 Å². The lowest BCUT2D eigenvalue weighted by Crippen LogP contribution is -2.49. The van der Waals surface area contributed by atoms with Gasteiger partial charge >= 0.3 is 5.97 Å². The average molecular weight is 395 g/mol. The Morgan fingerprint density at radius 2 is 2.11 bits per heavy atom. The topological polar surface area (TPSA) is 122 Å². The average Bonchev–Trinajstić information content (AvgIpc) is 2.79. The molecule has 0 aromatic heterocycles. The molecule has 2 aliphatic rings. The summed E-state index contributed by atoms with van der Waals surface area (Å²) in [5, 5.41) is 34.3. The number of benzene rings is 1. The number of piperidine rings is 1. The predicted octanol–water partition coefficient (Wildman–Crippen LogP) is 1.03. The molecule has 5 N–H and O–H groups in total. The highest BCUT2D eigenvalue weighted by Gasteiger charge is 2.33. The van der Waals surface area contributed by atoms with Crippen molar-refractivity contribution in [3.63, 3.8) is 0 Å². The van der Waals surface area contributed by atoms with E-state index < -0.39 is 29.7 Å². The van der Waals surface area contributed by atoms with Gasteiger partial charge in [-0.1, -0.05) is 0 Å². The van der Waals surface area contributed by atoms with Gasteiger partial charge < -0.3 is 30.9 Å². The molecule has 0 bridgehead atoms. The Balaban J connectivity index is 1.65. The molecule has 3 unspecified atom stereocenters. The van der Waals surface area contributed by atoms with Crippen molar-refractivity contribution >= 4 is 23.3 Å². The van der Waals surface area contributed by atoms with Crippen molar-refractivity contribution in [3.05, 3.63) is 24.0 Å². The summed E-state index contributed by atoms with van der Waals surface area (Å²) in [6, 6.07) is 4.10. The van der Waals surface area contributed by atoms with E-state index in [2.05, 4.69) is 10.6 Å². The summed E-state index contributed by atoms with van der Waals surface area (Å²) in [5.41, 5.74) is -0.416. The Bertz CT molecular complexity index is 746. The van der Waals surface area contributed by atoms with Crippen LogP contribution in [0.15, 0.2) is 18.2 Å². The number of halogens is 1. The molecular formula is C19H26FN3O5. The number of hydrogen-bond donors (Lipinski definition) is 5. The predicted molar refractivity (Wildman–Crippen MR) is 100 cm³/mol. The minimum Gasteiger partial charge on any atom is -0.481 e. The third-order valence-electron chi connectivity index (χ3n) is 5.38. The normalized spacial score (nSPS) is 28.4. The maximum Gasteiger partial charge on any atom is 0.306 e. The number of aliphatic hydroxyl groups excluding tert-OH is 1. The number of carboxylic acids is 1. The van der Waals surface area contributed by atoms with Gasteiger partial charge in [-0.25, -0.2) is 4.39 Å². The number of carbonyl (C=O) groups is 2. The summed E-state index contributed by atoms with van der Waals surface area (Å²) in [6.07, 6.45) is 0.899. The molecular weight excluding hydrogens is 369 g/mol. The summed E-state index contributed by atoms with van der Waals surface area (Å²) >= 11 is 0. The van der Waals surface area contributed by atoms with E-state index in [4.69, 9.17) is 5.11 Å². The molecule has 3 atom stereocenters. The summed E-state index contributed by atoms with van der Waals surface area (Å²) < 4.78 is 14.7. The molecule has 9 heteroatoms. The zero-order valence-corrected chi connectivity index (χ0v) is 15.5. The monoisotopic (exact) mass is 395 g/mol. The largest absolute Gasteiger partial charge is 0.481 e. The number of nitrogens with zero attached hydrogens (tertiary/aromatic N) is 1. The van der Waals surface area contributed by atoms with Crippen molar-refractivity contribution in [1.29, 1.82) is 0 Å². The lowest BCUT2D eigenvalue weighted by atomic mass is 9.91. The van der Waals surface area contributed by atoms with Crippen LogP contribution < -0.4 is 15.5 Å². The number of aliphatic hydroxyl groups is 2. The van der Waals surface area contributed by atoms with Gasteiger partial charge in [0, 0.05) is 18.8 Å². The van der Waals surface area contributed by atoms with Crippen molar-refractivity contribution in [1.82, 2.24) is 5.32 Å². The third kappa shape index (κ3) is 4.90. The van der Waals surface area contributed by atoms with Crippen molar-refractivity contribution in [2.75, 3.05) is 23.3 Å². The number of rotatable bonds is 5. The highest BCUT2D eigenvalue weighted by Crippen LogP contribution is 2.30. The maximum absolute atomic E-state index is 14.7. The van der Waals surface area contributed by atoms with Crippen LogP contribution in [-0.4, -0.2) is 58.2 Å². The van der Waals surface area contributed by atoms with Gasteiger partial charge in [0.05, 0.1) is 17.7 Å². The van der Waals surface area contributed by atoms with Crippen LogP contribution in [0.1, 0.15) is 38.5 Å². The number of hydrogen-bond acceptors (Lipinski definition) is 6. The van der Waals surface area contributed by atoms with Crippen LogP contribution in [0.4, 0.5) is 15.8 Å². The Hall–Kier alpha value is -2.39. The second-order valence-corrected chi connectivity index (χ2v) is 7.60. The lowest BCUT2D eigenvalue weighted by Gasteiger charge is -2.28. The first-order chi connectivity index (χ1) is 13.3. The highest BCUT2D eigenvalue weighted by atomic mass is 19.1. The van der Waals surface area contributed by atoms with E-state index in [0.717, 1.165) is 0 Å². The molecule has 2 aliphatic heterocycles. The van der Waals surface area contributed by atoms with Crippen LogP contribution in [-0.2, 0) is 9.59 Å². The SMILES string of the molecule is O=C(O)CC1(O)CCCN(c2ccc(NC3CCC(O)NC3=O)cc2F)CC1. The molecule has 0 spiro atoms. The van der Waals surface area contributed by atoms with E-state index in [1.807, 2.05) is 4.90 Å².